The minimum atomic E-state index is -0.302. The van der Waals surface area contributed by atoms with Crippen LogP contribution < -0.4 is 19.9 Å². The molecule has 2 rings (SSSR count). The van der Waals surface area contributed by atoms with Gasteiger partial charge in [0.1, 0.15) is 0 Å². The maximum absolute atomic E-state index is 6.55. The third-order valence-electron chi connectivity index (χ3n) is 3.82. The van der Waals surface area contributed by atoms with Crippen molar-refractivity contribution in [2.45, 2.75) is 38.1 Å². The van der Waals surface area contributed by atoms with Crippen LogP contribution in [-0.2, 0) is 5.54 Å². The van der Waals surface area contributed by atoms with Gasteiger partial charge in [0.2, 0.25) is 5.75 Å². The summed E-state index contributed by atoms with van der Waals surface area (Å²) < 4.78 is 16.6. The van der Waals surface area contributed by atoms with Crippen LogP contribution in [0.2, 0.25) is 0 Å². The number of benzene rings is 1. The molecule has 106 valence electrons. The van der Waals surface area contributed by atoms with Crippen molar-refractivity contribution in [3.05, 3.63) is 17.7 Å². The first-order valence-electron chi connectivity index (χ1n) is 6.83. The van der Waals surface area contributed by atoms with E-state index in [2.05, 4.69) is 0 Å². The summed E-state index contributed by atoms with van der Waals surface area (Å²) in [5, 5.41) is 0. The summed E-state index contributed by atoms with van der Waals surface area (Å²) in [6.45, 7) is 2.53. The number of methoxy groups -OCH3 is 2. The summed E-state index contributed by atoms with van der Waals surface area (Å²) >= 11 is 0. The lowest BCUT2D eigenvalue weighted by atomic mass is 9.88. The van der Waals surface area contributed by atoms with Crippen LogP contribution in [-0.4, -0.2) is 20.8 Å². The highest BCUT2D eigenvalue weighted by Gasteiger charge is 2.35. The van der Waals surface area contributed by atoms with Crippen molar-refractivity contribution in [1.29, 1.82) is 0 Å². The van der Waals surface area contributed by atoms with Crippen LogP contribution >= 0.6 is 0 Å². The molecule has 4 heteroatoms. The third kappa shape index (κ3) is 2.50. The fourth-order valence-electron chi connectivity index (χ4n) is 2.85. The molecule has 0 radical (unpaired) electrons. The molecule has 4 nitrogen and oxygen atoms in total. The highest BCUT2D eigenvalue weighted by molar-refractivity contribution is 5.58. The molecule has 0 spiro atoms. The molecular formula is C15H23NO3. The number of hydrogen-bond acceptors (Lipinski definition) is 4. The van der Waals surface area contributed by atoms with Crippen molar-refractivity contribution in [2.75, 3.05) is 20.8 Å². The average Bonchev–Trinajstić information content (AvgIpc) is 2.86. The molecule has 0 aromatic heterocycles. The summed E-state index contributed by atoms with van der Waals surface area (Å²) in [5.74, 6) is 2.05. The predicted octanol–water partition coefficient (Wildman–Crippen LogP) is 2.83. The van der Waals surface area contributed by atoms with E-state index in [1.807, 2.05) is 19.1 Å². The first-order valence-corrected chi connectivity index (χ1v) is 6.83. The lowest BCUT2D eigenvalue weighted by Gasteiger charge is -2.28. The van der Waals surface area contributed by atoms with E-state index in [0.717, 1.165) is 37.0 Å². The average molecular weight is 265 g/mol. The van der Waals surface area contributed by atoms with E-state index < -0.39 is 0 Å². The zero-order valence-corrected chi connectivity index (χ0v) is 12.0. The number of ether oxygens (including phenoxy) is 3. The van der Waals surface area contributed by atoms with Gasteiger partial charge in [-0.2, -0.15) is 0 Å². The van der Waals surface area contributed by atoms with Crippen LogP contribution in [0.3, 0.4) is 0 Å². The second-order valence-electron chi connectivity index (χ2n) is 4.97. The number of hydrogen-bond donors (Lipinski definition) is 1. The Morgan fingerprint density at radius 1 is 1.11 bits per heavy atom. The fourth-order valence-corrected chi connectivity index (χ4v) is 2.85. The van der Waals surface area contributed by atoms with Gasteiger partial charge >= 0.3 is 0 Å². The third-order valence-corrected chi connectivity index (χ3v) is 3.82. The quantitative estimate of drug-likeness (QED) is 0.889. The molecule has 0 unspecified atom stereocenters. The Labute approximate surface area is 114 Å². The van der Waals surface area contributed by atoms with Crippen molar-refractivity contribution in [2.24, 2.45) is 5.73 Å². The number of rotatable bonds is 5. The van der Waals surface area contributed by atoms with Crippen molar-refractivity contribution in [3.8, 4) is 17.2 Å². The molecule has 1 aromatic carbocycles. The van der Waals surface area contributed by atoms with Gasteiger partial charge in [-0.1, -0.05) is 12.8 Å². The minimum Gasteiger partial charge on any atom is -0.493 e. The van der Waals surface area contributed by atoms with Crippen molar-refractivity contribution in [3.63, 3.8) is 0 Å². The van der Waals surface area contributed by atoms with Gasteiger partial charge in [-0.05, 0) is 31.9 Å². The molecule has 1 aromatic rings. The Balaban J connectivity index is 2.53. The van der Waals surface area contributed by atoms with Crippen LogP contribution in [0.15, 0.2) is 12.1 Å². The van der Waals surface area contributed by atoms with Gasteiger partial charge in [0.25, 0.3) is 0 Å². The van der Waals surface area contributed by atoms with Gasteiger partial charge in [0.05, 0.1) is 20.8 Å². The molecule has 1 fully saturated rings. The Hall–Kier alpha value is -1.42. The molecule has 1 saturated carbocycles. The molecule has 1 aliphatic carbocycles. The largest absolute Gasteiger partial charge is 0.493 e. The van der Waals surface area contributed by atoms with Crippen molar-refractivity contribution in [1.82, 2.24) is 0 Å². The molecule has 0 amide bonds. The maximum atomic E-state index is 6.55. The van der Waals surface area contributed by atoms with Crippen LogP contribution in [0, 0.1) is 0 Å². The molecule has 19 heavy (non-hydrogen) atoms. The van der Waals surface area contributed by atoms with Gasteiger partial charge in [-0.25, -0.2) is 0 Å². The van der Waals surface area contributed by atoms with E-state index in [1.54, 1.807) is 14.2 Å². The van der Waals surface area contributed by atoms with Crippen LogP contribution in [0.25, 0.3) is 0 Å². The topological polar surface area (TPSA) is 53.7 Å². The van der Waals surface area contributed by atoms with Gasteiger partial charge in [0, 0.05) is 11.1 Å². The minimum absolute atomic E-state index is 0.302. The first-order chi connectivity index (χ1) is 9.16. The van der Waals surface area contributed by atoms with E-state index in [-0.39, 0.29) is 5.54 Å². The van der Waals surface area contributed by atoms with E-state index in [0.29, 0.717) is 18.1 Å². The Morgan fingerprint density at radius 3 is 2.32 bits per heavy atom. The standard InChI is InChI=1S/C15H23NO3/c1-4-19-13-11(15(16)9-5-6-10-15)7-8-12(17-2)14(13)18-3/h7-8H,4-6,9-10,16H2,1-3H3. The van der Waals surface area contributed by atoms with E-state index in [9.17, 15) is 0 Å². The number of nitrogens with two attached hydrogens (primary N) is 1. The second kappa shape index (κ2) is 5.70. The predicted molar refractivity (Wildman–Crippen MR) is 75.0 cm³/mol. The van der Waals surface area contributed by atoms with Crippen LogP contribution in [0.5, 0.6) is 17.2 Å². The van der Waals surface area contributed by atoms with Gasteiger partial charge < -0.3 is 19.9 Å². The van der Waals surface area contributed by atoms with Gasteiger partial charge in [-0.3, -0.25) is 0 Å². The summed E-state index contributed by atoms with van der Waals surface area (Å²) in [6, 6.07) is 3.92. The van der Waals surface area contributed by atoms with Crippen molar-refractivity contribution >= 4 is 0 Å². The second-order valence-corrected chi connectivity index (χ2v) is 4.97. The molecule has 0 saturated heterocycles. The van der Waals surface area contributed by atoms with E-state index in [4.69, 9.17) is 19.9 Å². The Bertz CT molecular complexity index is 439. The fraction of sp³-hybridized carbons (Fsp3) is 0.600. The summed E-state index contributed by atoms with van der Waals surface area (Å²) in [4.78, 5) is 0. The van der Waals surface area contributed by atoms with Gasteiger partial charge in [0.15, 0.2) is 11.5 Å². The highest BCUT2D eigenvalue weighted by Crippen LogP contribution is 2.47. The summed E-state index contributed by atoms with van der Waals surface area (Å²) in [7, 11) is 3.25. The molecule has 0 aliphatic heterocycles. The lowest BCUT2D eigenvalue weighted by molar-refractivity contribution is 0.285. The maximum Gasteiger partial charge on any atom is 0.203 e. The van der Waals surface area contributed by atoms with Crippen LogP contribution in [0.1, 0.15) is 38.2 Å². The lowest BCUT2D eigenvalue weighted by Crippen LogP contribution is -2.33. The first kappa shape index (κ1) is 14.0. The monoisotopic (exact) mass is 265 g/mol. The molecular weight excluding hydrogens is 242 g/mol. The molecule has 0 atom stereocenters. The smallest absolute Gasteiger partial charge is 0.203 e. The zero-order valence-electron chi connectivity index (χ0n) is 12.0. The molecule has 0 bridgehead atoms. The molecule has 2 N–H and O–H groups in total. The summed E-state index contributed by atoms with van der Waals surface area (Å²) in [5.41, 5.74) is 7.28. The SMILES string of the molecule is CCOc1c(C2(N)CCCC2)ccc(OC)c1OC. The Kier molecular flexibility index (Phi) is 4.20. The van der Waals surface area contributed by atoms with Crippen molar-refractivity contribution < 1.29 is 14.2 Å². The molecule has 0 heterocycles. The van der Waals surface area contributed by atoms with E-state index >= 15 is 0 Å². The normalized spacial score (nSPS) is 17.3. The van der Waals surface area contributed by atoms with Crippen LogP contribution in [0.4, 0.5) is 0 Å². The zero-order chi connectivity index (χ0) is 13.9. The van der Waals surface area contributed by atoms with Gasteiger partial charge in [-0.15, -0.1) is 0 Å². The Morgan fingerprint density at radius 2 is 1.79 bits per heavy atom. The molecule has 1 aliphatic rings. The summed E-state index contributed by atoms with van der Waals surface area (Å²) in [6.07, 6.45) is 4.30. The van der Waals surface area contributed by atoms with E-state index in [1.165, 1.54) is 0 Å². The highest BCUT2D eigenvalue weighted by atomic mass is 16.5.